The van der Waals surface area contributed by atoms with Crippen molar-refractivity contribution in [2.75, 3.05) is 4.72 Å². The van der Waals surface area contributed by atoms with E-state index in [1.807, 2.05) is 12.1 Å². The van der Waals surface area contributed by atoms with Gasteiger partial charge in [-0.25, -0.2) is 8.42 Å². The summed E-state index contributed by atoms with van der Waals surface area (Å²) in [7, 11) is -3.80. The molecule has 6 heteroatoms. The molecule has 0 saturated carbocycles. The van der Waals surface area contributed by atoms with Gasteiger partial charge in [0.25, 0.3) is 15.9 Å². The van der Waals surface area contributed by atoms with Crippen LogP contribution < -0.4 is 10.5 Å². The first-order chi connectivity index (χ1) is 11.2. The number of benzene rings is 2. The number of hydrogen-bond acceptors (Lipinski definition) is 3. The maximum absolute atomic E-state index is 12.5. The number of nitrogens with one attached hydrogen (secondary N) is 1. The SMILES string of the molecule is CCC(C)(C)c1ccc(S(=O)(=O)Nc2ccccc2C(N)=O)cc1. The number of sulfonamides is 1. The van der Waals surface area contributed by atoms with E-state index in [2.05, 4.69) is 25.5 Å². The average Bonchev–Trinajstić information content (AvgIpc) is 2.55. The maximum Gasteiger partial charge on any atom is 0.261 e. The summed E-state index contributed by atoms with van der Waals surface area (Å²) < 4.78 is 27.5. The van der Waals surface area contributed by atoms with Gasteiger partial charge in [-0.15, -0.1) is 0 Å². The standard InChI is InChI=1S/C18H22N2O3S/c1-4-18(2,3)13-9-11-14(12-10-13)24(22,23)20-16-8-6-5-7-15(16)17(19)21/h5-12,20H,4H2,1-3H3,(H2,19,21). The fraction of sp³-hybridized carbons (Fsp3) is 0.278. The van der Waals surface area contributed by atoms with Crippen molar-refractivity contribution in [3.63, 3.8) is 0 Å². The van der Waals surface area contributed by atoms with Crippen LogP contribution in [0.4, 0.5) is 5.69 Å². The lowest BCUT2D eigenvalue weighted by Gasteiger charge is -2.23. The summed E-state index contributed by atoms with van der Waals surface area (Å²) in [5, 5.41) is 0. The molecule has 0 aromatic heterocycles. The Morgan fingerprint density at radius 1 is 1.08 bits per heavy atom. The summed E-state index contributed by atoms with van der Waals surface area (Å²) in [6.45, 7) is 6.31. The van der Waals surface area contributed by atoms with Crippen molar-refractivity contribution in [2.24, 2.45) is 5.73 Å². The van der Waals surface area contributed by atoms with E-state index in [4.69, 9.17) is 5.73 Å². The molecule has 24 heavy (non-hydrogen) atoms. The minimum Gasteiger partial charge on any atom is -0.366 e. The van der Waals surface area contributed by atoms with Crippen molar-refractivity contribution in [1.82, 2.24) is 0 Å². The zero-order valence-corrected chi connectivity index (χ0v) is 14.9. The van der Waals surface area contributed by atoms with Gasteiger partial charge >= 0.3 is 0 Å². The van der Waals surface area contributed by atoms with Crippen LogP contribution in [-0.4, -0.2) is 14.3 Å². The zero-order valence-electron chi connectivity index (χ0n) is 14.0. The predicted octanol–water partition coefficient (Wildman–Crippen LogP) is 3.27. The summed E-state index contributed by atoms with van der Waals surface area (Å²) in [4.78, 5) is 11.6. The van der Waals surface area contributed by atoms with Crippen molar-refractivity contribution in [2.45, 2.75) is 37.5 Å². The average molecular weight is 346 g/mol. The number of hydrogen-bond donors (Lipinski definition) is 2. The van der Waals surface area contributed by atoms with E-state index in [1.165, 1.54) is 12.1 Å². The molecule has 3 N–H and O–H groups in total. The van der Waals surface area contributed by atoms with Crippen LogP contribution in [-0.2, 0) is 15.4 Å². The smallest absolute Gasteiger partial charge is 0.261 e. The molecule has 5 nitrogen and oxygen atoms in total. The van der Waals surface area contributed by atoms with Crippen molar-refractivity contribution < 1.29 is 13.2 Å². The largest absolute Gasteiger partial charge is 0.366 e. The first-order valence-corrected chi connectivity index (χ1v) is 9.18. The van der Waals surface area contributed by atoms with Crippen LogP contribution in [0.3, 0.4) is 0 Å². The molecule has 0 aliphatic rings. The molecule has 1 amide bonds. The van der Waals surface area contributed by atoms with Crippen molar-refractivity contribution in [1.29, 1.82) is 0 Å². The number of nitrogens with two attached hydrogens (primary N) is 1. The summed E-state index contributed by atoms with van der Waals surface area (Å²) in [5.41, 5.74) is 6.63. The Hall–Kier alpha value is -2.34. The number of primary amides is 1. The fourth-order valence-corrected chi connectivity index (χ4v) is 3.36. The van der Waals surface area contributed by atoms with Crippen molar-refractivity contribution >= 4 is 21.6 Å². The molecule has 0 saturated heterocycles. The van der Waals surface area contributed by atoms with Gasteiger partial charge in [0.05, 0.1) is 16.1 Å². The summed E-state index contributed by atoms with van der Waals surface area (Å²) in [5.74, 6) is -0.687. The van der Waals surface area contributed by atoms with Gasteiger partial charge in [-0.2, -0.15) is 0 Å². The van der Waals surface area contributed by atoms with Crippen LogP contribution in [0.5, 0.6) is 0 Å². The van der Waals surface area contributed by atoms with Gasteiger partial charge in [-0.05, 0) is 41.7 Å². The Kier molecular flexibility index (Phi) is 4.99. The van der Waals surface area contributed by atoms with Crippen LogP contribution in [0.2, 0.25) is 0 Å². The highest BCUT2D eigenvalue weighted by Crippen LogP contribution is 2.28. The van der Waals surface area contributed by atoms with Gasteiger partial charge in [0.2, 0.25) is 0 Å². The molecule has 2 aromatic carbocycles. The first-order valence-electron chi connectivity index (χ1n) is 7.69. The molecule has 0 heterocycles. The molecule has 0 radical (unpaired) electrons. The predicted molar refractivity (Wildman–Crippen MR) is 95.5 cm³/mol. The minimum absolute atomic E-state index is 0.0196. The fourth-order valence-electron chi connectivity index (χ4n) is 2.28. The van der Waals surface area contributed by atoms with E-state index in [-0.39, 0.29) is 21.6 Å². The summed E-state index contributed by atoms with van der Waals surface area (Å²) >= 11 is 0. The van der Waals surface area contributed by atoms with Crippen LogP contribution in [0.25, 0.3) is 0 Å². The van der Waals surface area contributed by atoms with Crippen molar-refractivity contribution in [3.05, 3.63) is 59.7 Å². The van der Waals surface area contributed by atoms with E-state index in [9.17, 15) is 13.2 Å². The molecule has 0 spiro atoms. The second-order valence-corrected chi connectivity index (χ2v) is 7.96. The van der Waals surface area contributed by atoms with E-state index in [0.717, 1.165) is 12.0 Å². The van der Waals surface area contributed by atoms with Crippen molar-refractivity contribution in [3.8, 4) is 0 Å². The lowest BCUT2D eigenvalue weighted by Crippen LogP contribution is -2.19. The molecular formula is C18H22N2O3S. The molecule has 0 aliphatic carbocycles. The van der Waals surface area contributed by atoms with Crippen LogP contribution in [0, 0.1) is 0 Å². The first kappa shape index (κ1) is 18.0. The van der Waals surface area contributed by atoms with Gasteiger partial charge in [-0.3, -0.25) is 9.52 Å². The molecular weight excluding hydrogens is 324 g/mol. The lowest BCUT2D eigenvalue weighted by atomic mass is 9.82. The van der Waals surface area contributed by atoms with E-state index < -0.39 is 15.9 Å². The normalized spacial score (nSPS) is 12.0. The molecule has 0 bridgehead atoms. The third-order valence-corrected chi connectivity index (χ3v) is 5.65. The number of anilines is 1. The van der Waals surface area contributed by atoms with Crippen LogP contribution in [0.15, 0.2) is 53.4 Å². The molecule has 0 atom stereocenters. The van der Waals surface area contributed by atoms with Gasteiger partial charge in [0.15, 0.2) is 0 Å². The van der Waals surface area contributed by atoms with Crippen LogP contribution >= 0.6 is 0 Å². The Bertz CT molecular complexity index is 841. The topological polar surface area (TPSA) is 89.3 Å². The Labute approximate surface area is 142 Å². The third kappa shape index (κ3) is 3.76. The minimum atomic E-state index is -3.80. The van der Waals surface area contributed by atoms with Gasteiger partial charge in [0, 0.05) is 0 Å². The second kappa shape index (κ2) is 6.65. The molecule has 0 aliphatic heterocycles. The maximum atomic E-state index is 12.5. The van der Waals surface area contributed by atoms with Gasteiger partial charge in [0.1, 0.15) is 0 Å². The number of rotatable bonds is 6. The third-order valence-electron chi connectivity index (χ3n) is 4.27. The lowest BCUT2D eigenvalue weighted by molar-refractivity contribution is 0.100. The quantitative estimate of drug-likeness (QED) is 0.841. The number of carbonyl (C=O) groups is 1. The Balaban J connectivity index is 2.34. The highest BCUT2D eigenvalue weighted by atomic mass is 32.2. The Morgan fingerprint density at radius 3 is 2.21 bits per heavy atom. The van der Waals surface area contributed by atoms with Gasteiger partial charge < -0.3 is 5.73 Å². The number of amides is 1. The number of para-hydroxylation sites is 1. The zero-order chi connectivity index (χ0) is 18.0. The summed E-state index contributed by atoms with van der Waals surface area (Å²) in [6, 6.07) is 13.0. The Morgan fingerprint density at radius 2 is 1.67 bits per heavy atom. The number of carbonyl (C=O) groups excluding carboxylic acids is 1. The van der Waals surface area contributed by atoms with E-state index in [0.29, 0.717) is 0 Å². The highest BCUT2D eigenvalue weighted by molar-refractivity contribution is 7.92. The molecule has 2 rings (SSSR count). The van der Waals surface area contributed by atoms with E-state index >= 15 is 0 Å². The van der Waals surface area contributed by atoms with Crippen LogP contribution in [0.1, 0.15) is 43.1 Å². The monoisotopic (exact) mass is 346 g/mol. The van der Waals surface area contributed by atoms with E-state index in [1.54, 1.807) is 24.3 Å². The summed E-state index contributed by atoms with van der Waals surface area (Å²) in [6.07, 6.45) is 0.948. The molecule has 2 aromatic rings. The second-order valence-electron chi connectivity index (χ2n) is 6.28. The molecule has 0 fully saturated rings. The molecule has 128 valence electrons. The molecule has 0 unspecified atom stereocenters. The highest BCUT2D eigenvalue weighted by Gasteiger charge is 2.21. The van der Waals surface area contributed by atoms with Gasteiger partial charge in [-0.1, -0.05) is 45.0 Å².